The van der Waals surface area contributed by atoms with Crippen LogP contribution in [-0.4, -0.2) is 16.1 Å². The second-order valence-electron chi connectivity index (χ2n) is 4.18. The molecule has 15 heavy (non-hydrogen) atoms. The first-order chi connectivity index (χ1) is 7.29. The summed E-state index contributed by atoms with van der Waals surface area (Å²) in [4.78, 5) is 10.7. The molecule has 0 atom stereocenters. The van der Waals surface area contributed by atoms with Crippen LogP contribution in [0.15, 0.2) is 18.2 Å². The quantitative estimate of drug-likeness (QED) is 0.697. The molecule has 1 fully saturated rings. The maximum Gasteiger partial charge on any atom is 0.150 e. The lowest BCUT2D eigenvalue weighted by atomic mass is 10.1. The van der Waals surface area contributed by atoms with Crippen LogP contribution in [0, 0.1) is 0 Å². The third-order valence-electron chi connectivity index (χ3n) is 3.00. The van der Waals surface area contributed by atoms with Crippen LogP contribution in [0.5, 0.6) is 0 Å². The second-order valence-corrected chi connectivity index (χ2v) is 4.18. The summed E-state index contributed by atoms with van der Waals surface area (Å²) in [6, 6.07) is 5.73. The van der Waals surface area contributed by atoms with Gasteiger partial charge in [-0.3, -0.25) is 9.48 Å². The van der Waals surface area contributed by atoms with E-state index in [4.69, 9.17) is 0 Å². The lowest BCUT2D eigenvalue weighted by Crippen LogP contribution is -1.95. The van der Waals surface area contributed by atoms with Crippen molar-refractivity contribution in [3.05, 3.63) is 29.5 Å². The van der Waals surface area contributed by atoms with E-state index in [-0.39, 0.29) is 0 Å². The molecule has 0 aliphatic heterocycles. The van der Waals surface area contributed by atoms with Gasteiger partial charge in [0.25, 0.3) is 0 Å². The van der Waals surface area contributed by atoms with Crippen molar-refractivity contribution >= 4 is 17.2 Å². The third-order valence-corrected chi connectivity index (χ3v) is 3.00. The topological polar surface area (TPSA) is 34.9 Å². The summed E-state index contributed by atoms with van der Waals surface area (Å²) in [7, 11) is 1.98. The van der Waals surface area contributed by atoms with Gasteiger partial charge in [-0.2, -0.15) is 5.10 Å². The van der Waals surface area contributed by atoms with Gasteiger partial charge in [0.2, 0.25) is 0 Å². The lowest BCUT2D eigenvalue weighted by molar-refractivity contribution is 0.112. The summed E-state index contributed by atoms with van der Waals surface area (Å²) >= 11 is 0. The molecule has 0 saturated heterocycles. The van der Waals surface area contributed by atoms with Crippen molar-refractivity contribution in [2.75, 3.05) is 0 Å². The van der Waals surface area contributed by atoms with Crippen LogP contribution in [0.2, 0.25) is 0 Å². The van der Waals surface area contributed by atoms with Gasteiger partial charge in [-0.25, -0.2) is 0 Å². The highest BCUT2D eigenvalue weighted by molar-refractivity contribution is 5.88. The number of carbonyl (C=O) groups is 1. The molecule has 1 aromatic heterocycles. The van der Waals surface area contributed by atoms with Crippen LogP contribution in [-0.2, 0) is 7.05 Å². The number of hydrogen-bond donors (Lipinski definition) is 0. The SMILES string of the molecule is Cn1nc2cc(C=O)ccc2c1C1CC1. The molecule has 2 aromatic rings. The number of aromatic nitrogens is 2. The molecular weight excluding hydrogens is 188 g/mol. The number of benzene rings is 1. The highest BCUT2D eigenvalue weighted by Gasteiger charge is 2.28. The van der Waals surface area contributed by atoms with Crippen molar-refractivity contribution in [2.24, 2.45) is 7.05 Å². The number of nitrogens with zero attached hydrogens (tertiary/aromatic N) is 2. The number of carbonyl (C=O) groups excluding carboxylic acids is 1. The molecule has 0 bridgehead atoms. The predicted octanol–water partition coefficient (Wildman–Crippen LogP) is 2.26. The van der Waals surface area contributed by atoms with Crippen molar-refractivity contribution in [1.82, 2.24) is 9.78 Å². The molecule has 1 aromatic carbocycles. The van der Waals surface area contributed by atoms with Crippen molar-refractivity contribution in [3.63, 3.8) is 0 Å². The fourth-order valence-corrected chi connectivity index (χ4v) is 2.15. The van der Waals surface area contributed by atoms with Crippen molar-refractivity contribution in [3.8, 4) is 0 Å². The smallest absolute Gasteiger partial charge is 0.150 e. The molecule has 1 aliphatic rings. The van der Waals surface area contributed by atoms with E-state index >= 15 is 0 Å². The molecule has 1 aliphatic carbocycles. The van der Waals surface area contributed by atoms with Gasteiger partial charge >= 0.3 is 0 Å². The molecular formula is C12H12N2O. The van der Waals surface area contributed by atoms with E-state index < -0.39 is 0 Å². The molecule has 3 rings (SSSR count). The van der Waals surface area contributed by atoms with E-state index in [1.54, 1.807) is 0 Å². The maximum absolute atomic E-state index is 10.7. The Bertz CT molecular complexity index is 538. The zero-order chi connectivity index (χ0) is 10.4. The largest absolute Gasteiger partial charge is 0.298 e. The molecule has 1 heterocycles. The Morgan fingerprint density at radius 2 is 2.27 bits per heavy atom. The van der Waals surface area contributed by atoms with Gasteiger partial charge in [-0.05, 0) is 18.9 Å². The molecule has 0 spiro atoms. The molecule has 0 amide bonds. The lowest BCUT2D eigenvalue weighted by Gasteiger charge is -1.98. The Morgan fingerprint density at radius 3 is 2.93 bits per heavy atom. The van der Waals surface area contributed by atoms with E-state index in [1.165, 1.54) is 23.9 Å². The number of rotatable bonds is 2. The normalized spacial score (nSPS) is 15.8. The first-order valence-corrected chi connectivity index (χ1v) is 5.21. The molecule has 76 valence electrons. The predicted molar refractivity (Wildman–Crippen MR) is 58.1 cm³/mol. The fourth-order valence-electron chi connectivity index (χ4n) is 2.15. The van der Waals surface area contributed by atoms with Crippen LogP contribution in [0.25, 0.3) is 10.9 Å². The minimum atomic E-state index is 0.682. The van der Waals surface area contributed by atoms with Gasteiger partial charge in [-0.1, -0.05) is 12.1 Å². The fraction of sp³-hybridized carbons (Fsp3) is 0.333. The van der Waals surface area contributed by atoms with Crippen LogP contribution >= 0.6 is 0 Å². The number of hydrogen-bond acceptors (Lipinski definition) is 2. The average molecular weight is 200 g/mol. The molecule has 0 radical (unpaired) electrons. The summed E-state index contributed by atoms with van der Waals surface area (Å²) in [5.74, 6) is 0.682. The molecule has 0 unspecified atom stereocenters. The van der Waals surface area contributed by atoms with Gasteiger partial charge < -0.3 is 0 Å². The van der Waals surface area contributed by atoms with Gasteiger partial charge in [-0.15, -0.1) is 0 Å². The Kier molecular flexibility index (Phi) is 1.69. The van der Waals surface area contributed by atoms with Crippen LogP contribution in [0.4, 0.5) is 0 Å². The summed E-state index contributed by atoms with van der Waals surface area (Å²) in [5.41, 5.74) is 2.95. The summed E-state index contributed by atoms with van der Waals surface area (Å²) in [6.45, 7) is 0. The van der Waals surface area contributed by atoms with Gasteiger partial charge in [0.05, 0.1) is 5.52 Å². The average Bonchev–Trinajstić information content (AvgIpc) is 3.00. The molecule has 3 nitrogen and oxygen atoms in total. The van der Waals surface area contributed by atoms with E-state index in [2.05, 4.69) is 5.10 Å². The minimum absolute atomic E-state index is 0.682. The van der Waals surface area contributed by atoms with E-state index in [0.717, 1.165) is 11.8 Å². The summed E-state index contributed by atoms with van der Waals surface area (Å²) < 4.78 is 1.96. The maximum atomic E-state index is 10.7. The second kappa shape index (κ2) is 2.92. The van der Waals surface area contributed by atoms with Crippen molar-refractivity contribution < 1.29 is 4.79 Å². The van der Waals surface area contributed by atoms with Crippen LogP contribution < -0.4 is 0 Å². The number of aldehydes is 1. The zero-order valence-electron chi connectivity index (χ0n) is 8.60. The summed E-state index contributed by atoms with van der Waals surface area (Å²) in [5, 5.41) is 5.64. The highest BCUT2D eigenvalue weighted by atomic mass is 16.1. The minimum Gasteiger partial charge on any atom is -0.298 e. The Morgan fingerprint density at radius 1 is 1.47 bits per heavy atom. The van der Waals surface area contributed by atoms with E-state index in [9.17, 15) is 4.79 Å². The number of aryl methyl sites for hydroxylation is 1. The highest BCUT2D eigenvalue weighted by Crippen LogP contribution is 2.42. The Hall–Kier alpha value is -1.64. The van der Waals surface area contributed by atoms with Crippen molar-refractivity contribution in [2.45, 2.75) is 18.8 Å². The van der Waals surface area contributed by atoms with Gasteiger partial charge in [0.15, 0.2) is 0 Å². The van der Waals surface area contributed by atoms with Gasteiger partial charge in [0.1, 0.15) is 6.29 Å². The zero-order valence-corrected chi connectivity index (χ0v) is 8.60. The van der Waals surface area contributed by atoms with Crippen molar-refractivity contribution in [1.29, 1.82) is 0 Å². The first-order valence-electron chi connectivity index (χ1n) is 5.21. The third kappa shape index (κ3) is 1.27. The van der Waals surface area contributed by atoms with Gasteiger partial charge in [0, 0.05) is 29.6 Å². The van der Waals surface area contributed by atoms with E-state index in [1.807, 2.05) is 29.9 Å². The monoisotopic (exact) mass is 200 g/mol. The molecule has 3 heteroatoms. The standard InChI is InChI=1S/C12H12N2O/c1-14-12(9-3-4-9)10-5-2-8(7-15)6-11(10)13-14/h2,5-7,9H,3-4H2,1H3. The molecule has 1 saturated carbocycles. The number of fused-ring (bicyclic) bond motifs is 1. The Labute approximate surface area is 87.7 Å². The first kappa shape index (κ1) is 8.65. The van der Waals surface area contributed by atoms with E-state index in [0.29, 0.717) is 11.5 Å². The summed E-state index contributed by atoms with van der Waals surface area (Å²) in [6.07, 6.45) is 3.40. The molecule has 0 N–H and O–H groups in total. The van der Waals surface area contributed by atoms with Crippen LogP contribution in [0.3, 0.4) is 0 Å². The Balaban J connectivity index is 2.27. The van der Waals surface area contributed by atoms with Crippen LogP contribution in [0.1, 0.15) is 34.8 Å².